The van der Waals surface area contributed by atoms with Crippen LogP contribution in [0, 0.1) is 17.8 Å². The minimum Gasteiger partial charge on any atom is -0.481 e. The lowest BCUT2D eigenvalue weighted by molar-refractivity contribution is -0.133. The van der Waals surface area contributed by atoms with Gasteiger partial charge in [-0.15, -0.1) is 10.2 Å². The van der Waals surface area contributed by atoms with Gasteiger partial charge in [-0.2, -0.15) is 0 Å². The first-order chi connectivity index (χ1) is 9.11. The Labute approximate surface area is 118 Å². The van der Waals surface area contributed by atoms with Crippen molar-refractivity contribution in [2.75, 3.05) is 11.1 Å². The van der Waals surface area contributed by atoms with Gasteiger partial charge in [0.1, 0.15) is 0 Å². The number of carboxylic acids is 1. The van der Waals surface area contributed by atoms with Gasteiger partial charge in [-0.25, -0.2) is 0 Å². The number of thioether (sulfide) groups is 1. The molecule has 2 N–H and O–H groups in total. The van der Waals surface area contributed by atoms with Crippen LogP contribution < -0.4 is 5.32 Å². The van der Waals surface area contributed by atoms with Gasteiger partial charge < -0.3 is 10.4 Å². The van der Waals surface area contributed by atoms with Crippen LogP contribution in [-0.2, 0) is 9.59 Å². The van der Waals surface area contributed by atoms with Crippen molar-refractivity contribution >= 4 is 40.1 Å². The van der Waals surface area contributed by atoms with Gasteiger partial charge in [0.05, 0.1) is 5.75 Å². The smallest absolute Gasteiger partial charge is 0.313 e. The number of aromatic nitrogens is 2. The molecule has 0 bridgehead atoms. The largest absolute Gasteiger partial charge is 0.481 e. The fourth-order valence-corrected chi connectivity index (χ4v) is 4.05. The number of rotatable bonds is 5. The number of carboxylic acid groups (broad SMARTS) is 1. The third-order valence-electron chi connectivity index (χ3n) is 3.57. The van der Waals surface area contributed by atoms with Crippen LogP contribution in [0.1, 0.15) is 19.3 Å². The van der Waals surface area contributed by atoms with Crippen molar-refractivity contribution in [3.05, 3.63) is 0 Å². The maximum atomic E-state index is 12.0. The molecule has 0 radical (unpaired) electrons. The molecule has 2 saturated carbocycles. The summed E-state index contributed by atoms with van der Waals surface area (Å²) in [6, 6.07) is 0. The molecule has 102 valence electrons. The number of carbonyl (C=O) groups is 2. The molecule has 1 heterocycles. The zero-order chi connectivity index (χ0) is 13.4. The Morgan fingerprint density at radius 1 is 1.32 bits per heavy atom. The number of fused-ring (bicyclic) bond motifs is 1. The van der Waals surface area contributed by atoms with Gasteiger partial charge in [-0.05, 0) is 31.1 Å². The fraction of sp³-hybridized carbons (Fsp3) is 0.636. The standard InChI is InChI=1S/C11H13N3O3S2/c15-8(16)4-18-11-14-13-10(19-11)12-9(17)7-2-5-1-6(5)3-7/h5-7H,1-4H2,(H,15,16)(H,12,13,17). The van der Waals surface area contributed by atoms with E-state index >= 15 is 0 Å². The average molecular weight is 299 g/mol. The number of aliphatic carboxylic acids is 1. The lowest BCUT2D eigenvalue weighted by Crippen LogP contribution is -2.21. The van der Waals surface area contributed by atoms with Gasteiger partial charge in [0.15, 0.2) is 4.34 Å². The van der Waals surface area contributed by atoms with Crippen molar-refractivity contribution < 1.29 is 14.7 Å². The van der Waals surface area contributed by atoms with E-state index in [1.807, 2.05) is 0 Å². The SMILES string of the molecule is O=C(O)CSc1nnc(NC(=O)C2CC3CC3C2)s1. The van der Waals surface area contributed by atoms with Crippen LogP contribution in [0.4, 0.5) is 5.13 Å². The summed E-state index contributed by atoms with van der Waals surface area (Å²) in [5.41, 5.74) is 0. The average Bonchev–Trinajstić information content (AvgIpc) is 2.79. The van der Waals surface area contributed by atoms with Crippen molar-refractivity contribution in [1.82, 2.24) is 10.2 Å². The monoisotopic (exact) mass is 299 g/mol. The maximum Gasteiger partial charge on any atom is 0.313 e. The second-order valence-electron chi connectivity index (χ2n) is 4.97. The minimum absolute atomic E-state index is 0.0261. The summed E-state index contributed by atoms with van der Waals surface area (Å²) in [6.07, 6.45) is 3.28. The molecule has 2 fully saturated rings. The number of amides is 1. The van der Waals surface area contributed by atoms with Crippen molar-refractivity contribution in [1.29, 1.82) is 0 Å². The summed E-state index contributed by atoms with van der Waals surface area (Å²) >= 11 is 2.33. The van der Waals surface area contributed by atoms with Crippen LogP contribution >= 0.6 is 23.1 Å². The van der Waals surface area contributed by atoms with Gasteiger partial charge in [-0.1, -0.05) is 23.1 Å². The van der Waals surface area contributed by atoms with Gasteiger partial charge in [-0.3, -0.25) is 9.59 Å². The molecule has 1 aromatic rings. The van der Waals surface area contributed by atoms with Crippen LogP contribution in [0.3, 0.4) is 0 Å². The zero-order valence-electron chi connectivity index (χ0n) is 10.0. The van der Waals surface area contributed by atoms with Gasteiger partial charge in [0.2, 0.25) is 11.0 Å². The third-order valence-corrected chi connectivity index (χ3v) is 5.53. The molecule has 1 aromatic heterocycles. The molecular formula is C11H13N3O3S2. The molecule has 1 amide bonds. The maximum absolute atomic E-state index is 12.0. The van der Waals surface area contributed by atoms with E-state index in [2.05, 4.69) is 15.5 Å². The highest BCUT2D eigenvalue weighted by molar-refractivity contribution is 8.01. The Balaban J connectivity index is 1.51. The van der Waals surface area contributed by atoms with E-state index in [-0.39, 0.29) is 17.6 Å². The normalized spacial score (nSPS) is 27.9. The van der Waals surface area contributed by atoms with Crippen molar-refractivity contribution in [2.45, 2.75) is 23.6 Å². The Hall–Kier alpha value is -1.15. The predicted octanol–water partition coefficient (Wildman–Crippen LogP) is 1.70. The van der Waals surface area contributed by atoms with E-state index in [4.69, 9.17) is 5.11 Å². The molecule has 2 aliphatic carbocycles. The number of hydrogen-bond donors (Lipinski definition) is 2. The molecule has 0 saturated heterocycles. The van der Waals surface area contributed by atoms with E-state index in [0.29, 0.717) is 9.47 Å². The van der Waals surface area contributed by atoms with Crippen molar-refractivity contribution in [3.8, 4) is 0 Å². The number of hydrogen-bond acceptors (Lipinski definition) is 6. The first-order valence-electron chi connectivity index (χ1n) is 6.11. The van der Waals surface area contributed by atoms with Gasteiger partial charge in [0, 0.05) is 5.92 Å². The zero-order valence-corrected chi connectivity index (χ0v) is 11.7. The first kappa shape index (κ1) is 12.9. The highest BCUT2D eigenvalue weighted by Crippen LogP contribution is 2.54. The number of carbonyl (C=O) groups excluding carboxylic acids is 1. The number of nitrogens with one attached hydrogen (secondary N) is 1. The summed E-state index contributed by atoms with van der Waals surface area (Å²) in [5, 5.41) is 19.5. The molecule has 6 nitrogen and oxygen atoms in total. The Morgan fingerprint density at radius 2 is 2.05 bits per heavy atom. The third kappa shape index (κ3) is 3.06. The second kappa shape index (κ2) is 5.09. The summed E-state index contributed by atoms with van der Waals surface area (Å²) in [7, 11) is 0. The van der Waals surface area contributed by atoms with E-state index in [1.165, 1.54) is 17.8 Å². The topological polar surface area (TPSA) is 92.2 Å². The van der Waals surface area contributed by atoms with E-state index in [1.54, 1.807) is 0 Å². The molecule has 0 spiro atoms. The van der Waals surface area contributed by atoms with Crippen LogP contribution in [0.2, 0.25) is 0 Å². The molecule has 2 unspecified atom stereocenters. The lowest BCUT2D eigenvalue weighted by atomic mass is 10.0. The Morgan fingerprint density at radius 3 is 2.74 bits per heavy atom. The summed E-state index contributed by atoms with van der Waals surface area (Å²) < 4.78 is 0.562. The Kier molecular flexibility index (Phi) is 3.44. The van der Waals surface area contributed by atoms with Gasteiger partial charge in [0.25, 0.3) is 0 Å². The quantitative estimate of drug-likeness (QED) is 0.635. The van der Waals surface area contributed by atoms with Crippen LogP contribution in [0.25, 0.3) is 0 Å². The molecule has 3 rings (SSSR count). The summed E-state index contributed by atoms with van der Waals surface area (Å²) in [6.45, 7) is 0. The lowest BCUT2D eigenvalue weighted by Gasteiger charge is -2.09. The van der Waals surface area contributed by atoms with Crippen LogP contribution in [0.5, 0.6) is 0 Å². The molecule has 2 aliphatic rings. The van der Waals surface area contributed by atoms with Crippen LogP contribution in [-0.4, -0.2) is 32.9 Å². The van der Waals surface area contributed by atoms with E-state index in [0.717, 1.165) is 36.4 Å². The van der Waals surface area contributed by atoms with E-state index in [9.17, 15) is 9.59 Å². The predicted molar refractivity (Wildman–Crippen MR) is 71.2 cm³/mol. The highest BCUT2D eigenvalue weighted by Gasteiger charge is 2.48. The number of nitrogens with zero attached hydrogens (tertiary/aromatic N) is 2. The molecule has 8 heteroatoms. The Bertz CT molecular complexity index is 509. The number of anilines is 1. The molecule has 0 aromatic carbocycles. The van der Waals surface area contributed by atoms with Crippen molar-refractivity contribution in [3.63, 3.8) is 0 Å². The van der Waals surface area contributed by atoms with E-state index < -0.39 is 5.97 Å². The molecule has 19 heavy (non-hydrogen) atoms. The molecule has 2 atom stereocenters. The molecular weight excluding hydrogens is 286 g/mol. The fourth-order valence-electron chi connectivity index (χ4n) is 2.58. The highest BCUT2D eigenvalue weighted by atomic mass is 32.2. The summed E-state index contributed by atoms with van der Waals surface area (Å²) in [5.74, 6) is 0.741. The second-order valence-corrected chi connectivity index (χ2v) is 7.17. The minimum atomic E-state index is -0.893. The van der Waals surface area contributed by atoms with Gasteiger partial charge >= 0.3 is 5.97 Å². The molecule has 0 aliphatic heterocycles. The van der Waals surface area contributed by atoms with Crippen LogP contribution in [0.15, 0.2) is 4.34 Å². The first-order valence-corrected chi connectivity index (χ1v) is 7.91. The van der Waals surface area contributed by atoms with Crippen molar-refractivity contribution in [2.24, 2.45) is 17.8 Å². The summed E-state index contributed by atoms with van der Waals surface area (Å²) in [4.78, 5) is 22.4.